The number of benzene rings is 2. The Bertz CT molecular complexity index is 804. The molecule has 138 valence electrons. The van der Waals surface area contributed by atoms with Crippen LogP contribution in [0.2, 0.25) is 0 Å². The van der Waals surface area contributed by atoms with E-state index in [2.05, 4.69) is 29.7 Å². The van der Waals surface area contributed by atoms with Gasteiger partial charge in [0.25, 0.3) is 0 Å². The van der Waals surface area contributed by atoms with E-state index in [1.54, 1.807) is 19.1 Å². The van der Waals surface area contributed by atoms with Crippen molar-refractivity contribution in [3.63, 3.8) is 0 Å². The number of rotatable bonds is 4. The monoisotopic (exact) mass is 352 g/mol. The molecule has 3 rings (SSSR count). The lowest BCUT2D eigenvalue weighted by Gasteiger charge is -2.36. The van der Waals surface area contributed by atoms with E-state index < -0.39 is 0 Å². The number of aryl methyl sites for hydroxylation is 2. The normalized spacial score (nSPS) is 15.3. The Morgan fingerprint density at radius 1 is 1.00 bits per heavy atom. The van der Waals surface area contributed by atoms with Crippen molar-refractivity contribution in [1.29, 1.82) is 0 Å². The van der Waals surface area contributed by atoms with E-state index in [4.69, 9.17) is 0 Å². The zero-order valence-electron chi connectivity index (χ0n) is 16.2. The van der Waals surface area contributed by atoms with Crippen LogP contribution in [0, 0.1) is 20.8 Å². The van der Waals surface area contributed by atoms with Crippen LogP contribution >= 0.6 is 0 Å². The molecular formula is C22H28N2O2. The number of ketones is 1. The lowest BCUT2D eigenvalue weighted by molar-refractivity contribution is 0.101. The quantitative estimate of drug-likeness (QED) is 0.849. The van der Waals surface area contributed by atoms with Crippen molar-refractivity contribution in [1.82, 2.24) is 4.90 Å². The van der Waals surface area contributed by atoms with Crippen molar-refractivity contribution in [3.8, 4) is 5.75 Å². The van der Waals surface area contributed by atoms with Gasteiger partial charge >= 0.3 is 0 Å². The summed E-state index contributed by atoms with van der Waals surface area (Å²) in [5.74, 6) is 0.456. The number of aromatic hydroxyl groups is 1. The lowest BCUT2D eigenvalue weighted by Crippen LogP contribution is -2.46. The van der Waals surface area contributed by atoms with Crippen LogP contribution in [0.3, 0.4) is 0 Å². The topological polar surface area (TPSA) is 43.8 Å². The Balaban J connectivity index is 1.71. The van der Waals surface area contributed by atoms with E-state index >= 15 is 0 Å². The Labute approximate surface area is 156 Å². The molecule has 0 radical (unpaired) electrons. The van der Waals surface area contributed by atoms with Crippen LogP contribution in [0.4, 0.5) is 5.69 Å². The minimum absolute atomic E-state index is 0.151. The van der Waals surface area contributed by atoms with Gasteiger partial charge in [0, 0.05) is 44.0 Å². The van der Waals surface area contributed by atoms with E-state index in [1.165, 1.54) is 11.1 Å². The summed E-state index contributed by atoms with van der Waals surface area (Å²) in [4.78, 5) is 16.8. The Hall–Kier alpha value is -2.33. The molecule has 0 saturated carbocycles. The van der Waals surface area contributed by atoms with Crippen molar-refractivity contribution >= 4 is 11.5 Å². The molecule has 1 aliphatic heterocycles. The summed E-state index contributed by atoms with van der Waals surface area (Å²) < 4.78 is 0. The molecule has 4 heteroatoms. The molecule has 1 saturated heterocycles. The molecule has 1 N–H and O–H groups in total. The number of hydrogen-bond acceptors (Lipinski definition) is 4. The van der Waals surface area contributed by atoms with Gasteiger partial charge in [-0.2, -0.15) is 0 Å². The summed E-state index contributed by atoms with van der Waals surface area (Å²) in [5.41, 5.74) is 6.81. The van der Waals surface area contributed by atoms with Crippen LogP contribution in [0.15, 0.2) is 30.3 Å². The summed E-state index contributed by atoms with van der Waals surface area (Å²) in [6.45, 7) is 12.7. The lowest BCUT2D eigenvalue weighted by atomic mass is 9.91. The third kappa shape index (κ3) is 3.75. The van der Waals surface area contributed by atoms with Gasteiger partial charge in [-0.05, 0) is 74.2 Å². The molecule has 0 unspecified atom stereocenters. The van der Waals surface area contributed by atoms with E-state index in [9.17, 15) is 9.90 Å². The van der Waals surface area contributed by atoms with E-state index in [1.807, 2.05) is 19.1 Å². The zero-order chi connectivity index (χ0) is 18.8. The highest BCUT2D eigenvalue weighted by Crippen LogP contribution is 2.25. The molecule has 0 spiro atoms. The maximum Gasteiger partial charge on any atom is 0.160 e. The molecule has 2 aromatic carbocycles. The van der Waals surface area contributed by atoms with Gasteiger partial charge in [0.1, 0.15) is 5.75 Å². The summed E-state index contributed by atoms with van der Waals surface area (Å²) in [6.07, 6.45) is 0. The highest BCUT2D eigenvalue weighted by Gasteiger charge is 2.20. The van der Waals surface area contributed by atoms with E-state index in [0.29, 0.717) is 5.75 Å². The number of hydrogen-bond donors (Lipinski definition) is 1. The number of carbonyl (C=O) groups excluding carboxylic acids is 1. The molecule has 2 aromatic rings. The van der Waals surface area contributed by atoms with E-state index in [-0.39, 0.29) is 5.78 Å². The molecule has 0 aromatic heterocycles. The fraction of sp³-hybridized carbons (Fsp3) is 0.409. The Morgan fingerprint density at radius 2 is 1.62 bits per heavy atom. The third-order valence-electron chi connectivity index (χ3n) is 5.45. The maximum atomic E-state index is 12.0. The number of phenolic OH excluding ortho intramolecular Hbond substituents is 1. The van der Waals surface area contributed by atoms with Gasteiger partial charge in [-0.3, -0.25) is 9.69 Å². The smallest absolute Gasteiger partial charge is 0.160 e. The van der Waals surface area contributed by atoms with Gasteiger partial charge in [-0.1, -0.05) is 6.07 Å². The van der Waals surface area contributed by atoms with Crippen LogP contribution in [0.1, 0.15) is 39.5 Å². The van der Waals surface area contributed by atoms with Crippen LogP contribution in [-0.2, 0) is 6.54 Å². The van der Waals surface area contributed by atoms with Crippen LogP contribution in [-0.4, -0.2) is 42.0 Å². The van der Waals surface area contributed by atoms with Gasteiger partial charge in [-0.15, -0.1) is 0 Å². The molecule has 0 atom stereocenters. The minimum atomic E-state index is 0.151. The average molecular weight is 352 g/mol. The second-order valence-corrected chi connectivity index (χ2v) is 7.32. The summed E-state index contributed by atoms with van der Waals surface area (Å²) in [6, 6.07) is 9.57. The average Bonchev–Trinajstić information content (AvgIpc) is 2.59. The van der Waals surface area contributed by atoms with Crippen molar-refractivity contribution in [2.24, 2.45) is 0 Å². The number of nitrogens with zero attached hydrogens (tertiary/aromatic N) is 2. The van der Waals surface area contributed by atoms with Crippen LogP contribution in [0.5, 0.6) is 5.75 Å². The van der Waals surface area contributed by atoms with Crippen molar-refractivity contribution < 1.29 is 9.90 Å². The van der Waals surface area contributed by atoms with Crippen molar-refractivity contribution in [2.45, 2.75) is 34.2 Å². The second-order valence-electron chi connectivity index (χ2n) is 7.32. The zero-order valence-corrected chi connectivity index (χ0v) is 16.2. The molecule has 4 nitrogen and oxygen atoms in total. The van der Waals surface area contributed by atoms with Crippen LogP contribution < -0.4 is 4.90 Å². The minimum Gasteiger partial charge on any atom is -0.508 e. The molecule has 0 bridgehead atoms. The first-order chi connectivity index (χ1) is 12.4. The van der Waals surface area contributed by atoms with Gasteiger partial charge in [0.15, 0.2) is 5.78 Å². The molecule has 1 aliphatic rings. The fourth-order valence-electron chi connectivity index (χ4n) is 4.06. The first-order valence-electron chi connectivity index (χ1n) is 9.23. The highest BCUT2D eigenvalue weighted by atomic mass is 16.3. The standard InChI is InChI=1S/C22H28N2O2/c1-15-13-16(2)22(18(4)25)17(3)21(15)14-23-9-11-24(12-10-23)19-5-7-20(26)8-6-19/h5-8,13,26H,9-12,14H2,1-4H3. The maximum absolute atomic E-state index is 12.0. The Morgan fingerprint density at radius 3 is 2.19 bits per heavy atom. The molecule has 26 heavy (non-hydrogen) atoms. The summed E-state index contributed by atoms with van der Waals surface area (Å²) in [7, 11) is 0. The third-order valence-corrected chi connectivity index (χ3v) is 5.45. The summed E-state index contributed by atoms with van der Waals surface area (Å²) >= 11 is 0. The van der Waals surface area contributed by atoms with Gasteiger partial charge in [0.2, 0.25) is 0 Å². The molecular weight excluding hydrogens is 324 g/mol. The Kier molecular flexibility index (Phi) is 5.33. The molecule has 1 heterocycles. The van der Waals surface area contributed by atoms with E-state index in [0.717, 1.165) is 55.1 Å². The predicted octanol–water partition coefficient (Wildman–Crippen LogP) is 3.84. The molecule has 0 amide bonds. The van der Waals surface area contributed by atoms with Crippen LogP contribution in [0.25, 0.3) is 0 Å². The number of carbonyl (C=O) groups is 1. The van der Waals surface area contributed by atoms with Gasteiger partial charge in [-0.25, -0.2) is 0 Å². The number of Topliss-reactive ketones (excluding diaryl/α,β-unsaturated/α-hetero) is 1. The second kappa shape index (κ2) is 7.50. The van der Waals surface area contributed by atoms with Gasteiger partial charge in [0.05, 0.1) is 0 Å². The van der Waals surface area contributed by atoms with Gasteiger partial charge < -0.3 is 10.0 Å². The highest BCUT2D eigenvalue weighted by molar-refractivity contribution is 5.97. The predicted molar refractivity (Wildman–Crippen MR) is 106 cm³/mol. The number of piperazine rings is 1. The fourth-order valence-corrected chi connectivity index (χ4v) is 4.06. The molecule has 0 aliphatic carbocycles. The first-order valence-corrected chi connectivity index (χ1v) is 9.23. The number of anilines is 1. The number of phenols is 1. The van der Waals surface area contributed by atoms with Crippen molar-refractivity contribution in [3.05, 3.63) is 58.1 Å². The molecule has 1 fully saturated rings. The SMILES string of the molecule is CC(=O)c1c(C)cc(C)c(CN2CCN(c3ccc(O)cc3)CC2)c1C. The largest absolute Gasteiger partial charge is 0.508 e. The first kappa shape index (κ1) is 18.5. The summed E-state index contributed by atoms with van der Waals surface area (Å²) in [5, 5.41) is 9.44. The van der Waals surface area contributed by atoms with Crippen molar-refractivity contribution in [2.75, 3.05) is 31.1 Å².